The molecule has 0 unspecified atom stereocenters. The van der Waals surface area contributed by atoms with Crippen molar-refractivity contribution in [2.75, 3.05) is 23.3 Å². The molecule has 1 aliphatic heterocycles. The summed E-state index contributed by atoms with van der Waals surface area (Å²) in [4.78, 5) is 29.0. The smallest absolute Gasteiger partial charge is 0.322 e. The van der Waals surface area contributed by atoms with E-state index in [2.05, 4.69) is 5.32 Å². The second-order valence-corrected chi connectivity index (χ2v) is 8.28. The third kappa shape index (κ3) is 5.39. The van der Waals surface area contributed by atoms with Crippen molar-refractivity contribution in [1.82, 2.24) is 4.90 Å². The van der Waals surface area contributed by atoms with Crippen LogP contribution in [0.1, 0.15) is 33.5 Å². The summed E-state index contributed by atoms with van der Waals surface area (Å²) in [5.74, 6) is -0.241. The van der Waals surface area contributed by atoms with E-state index < -0.39 is 11.7 Å². The van der Waals surface area contributed by atoms with E-state index in [0.717, 1.165) is 17.7 Å². The Morgan fingerprint density at radius 1 is 0.971 bits per heavy atom. The number of nitrogens with one attached hydrogen (secondary N) is 1. The van der Waals surface area contributed by atoms with Crippen LogP contribution in [0.2, 0.25) is 0 Å². The van der Waals surface area contributed by atoms with Crippen LogP contribution < -0.4 is 10.2 Å². The van der Waals surface area contributed by atoms with Gasteiger partial charge in [-0.3, -0.25) is 9.69 Å². The fraction of sp³-hybridized carbons (Fsp3) is 0.231. The number of alkyl halides is 3. The maximum absolute atomic E-state index is 13.1. The molecule has 0 saturated carbocycles. The fourth-order valence-electron chi connectivity index (χ4n) is 3.93. The number of halogens is 3. The van der Waals surface area contributed by atoms with Crippen LogP contribution in [0, 0.1) is 6.92 Å². The van der Waals surface area contributed by atoms with E-state index in [1.807, 2.05) is 19.1 Å². The highest BCUT2D eigenvalue weighted by Gasteiger charge is 2.31. The Bertz CT molecular complexity index is 1190. The number of amides is 3. The molecule has 0 atom stereocenters. The molecule has 3 aromatic carbocycles. The average molecular weight is 467 g/mol. The Kier molecular flexibility index (Phi) is 6.58. The molecule has 1 heterocycles. The minimum absolute atomic E-state index is 0.219. The van der Waals surface area contributed by atoms with E-state index in [9.17, 15) is 22.8 Å². The van der Waals surface area contributed by atoms with Gasteiger partial charge in [0.25, 0.3) is 5.91 Å². The molecule has 3 amide bonds. The number of carbonyl (C=O) groups is 2. The summed E-state index contributed by atoms with van der Waals surface area (Å²) >= 11 is 0. The number of nitrogens with zero attached hydrogens (tertiary/aromatic N) is 2. The summed E-state index contributed by atoms with van der Waals surface area (Å²) in [6.45, 7) is 3.16. The number of benzene rings is 3. The molecular weight excluding hydrogens is 443 g/mol. The molecule has 3 aromatic rings. The third-order valence-electron chi connectivity index (χ3n) is 5.66. The van der Waals surface area contributed by atoms with Crippen molar-refractivity contribution in [3.63, 3.8) is 0 Å². The molecule has 0 aliphatic carbocycles. The van der Waals surface area contributed by atoms with Gasteiger partial charge in [-0.15, -0.1) is 0 Å². The van der Waals surface area contributed by atoms with Gasteiger partial charge in [-0.2, -0.15) is 13.2 Å². The van der Waals surface area contributed by atoms with Crippen LogP contribution in [0.15, 0.2) is 72.8 Å². The van der Waals surface area contributed by atoms with Gasteiger partial charge >= 0.3 is 12.2 Å². The van der Waals surface area contributed by atoms with Crippen LogP contribution in [-0.2, 0) is 12.7 Å². The maximum atomic E-state index is 13.1. The van der Waals surface area contributed by atoms with E-state index in [0.29, 0.717) is 42.0 Å². The predicted molar refractivity (Wildman–Crippen MR) is 125 cm³/mol. The Balaban J connectivity index is 1.46. The first-order chi connectivity index (χ1) is 16.2. The van der Waals surface area contributed by atoms with Gasteiger partial charge in [-0.05, 0) is 61.4 Å². The standard InChI is InChI=1S/C26H24F3N3O2/c1-18-5-2-6-20(15-18)24(33)30-22-7-3-8-23(16-22)32-14-4-13-31(25(32)34)17-19-9-11-21(12-10-19)26(27,28)29/h2-3,5-12,15-16H,4,13-14,17H2,1H3,(H,30,33). The monoisotopic (exact) mass is 467 g/mol. The number of carbonyl (C=O) groups excluding carboxylic acids is 2. The number of aryl methyl sites for hydroxylation is 1. The van der Waals surface area contributed by atoms with Gasteiger partial charge in [0.2, 0.25) is 0 Å². The van der Waals surface area contributed by atoms with Crippen LogP contribution in [0.25, 0.3) is 0 Å². The Morgan fingerprint density at radius 3 is 2.41 bits per heavy atom. The molecule has 1 aliphatic rings. The van der Waals surface area contributed by atoms with Crippen molar-refractivity contribution < 1.29 is 22.8 Å². The van der Waals surface area contributed by atoms with Gasteiger partial charge in [0.05, 0.1) is 5.56 Å². The van der Waals surface area contributed by atoms with Gasteiger partial charge in [-0.25, -0.2) is 4.79 Å². The number of rotatable bonds is 5. The minimum Gasteiger partial charge on any atom is -0.322 e. The molecule has 4 rings (SSSR count). The van der Waals surface area contributed by atoms with Gasteiger partial charge in [0.15, 0.2) is 0 Å². The first-order valence-corrected chi connectivity index (χ1v) is 10.9. The Labute approximate surface area is 195 Å². The first kappa shape index (κ1) is 23.4. The third-order valence-corrected chi connectivity index (χ3v) is 5.66. The molecule has 0 radical (unpaired) electrons. The molecular formula is C26H24F3N3O2. The highest BCUT2D eigenvalue weighted by atomic mass is 19.4. The lowest BCUT2D eigenvalue weighted by atomic mass is 10.1. The lowest BCUT2D eigenvalue weighted by Gasteiger charge is -2.36. The van der Waals surface area contributed by atoms with Crippen molar-refractivity contribution in [1.29, 1.82) is 0 Å². The second kappa shape index (κ2) is 9.59. The first-order valence-electron chi connectivity index (χ1n) is 10.9. The Morgan fingerprint density at radius 2 is 1.71 bits per heavy atom. The van der Waals surface area contributed by atoms with Crippen molar-refractivity contribution in [2.45, 2.75) is 26.1 Å². The van der Waals surface area contributed by atoms with E-state index >= 15 is 0 Å². The average Bonchev–Trinajstić information content (AvgIpc) is 2.80. The molecule has 34 heavy (non-hydrogen) atoms. The SMILES string of the molecule is Cc1cccc(C(=O)Nc2cccc(N3CCCN(Cc4ccc(C(F)(F)F)cc4)C3=O)c2)c1. The van der Waals surface area contributed by atoms with E-state index in [4.69, 9.17) is 0 Å². The largest absolute Gasteiger partial charge is 0.416 e. The van der Waals surface area contributed by atoms with Crippen LogP contribution in [0.5, 0.6) is 0 Å². The molecule has 1 fully saturated rings. The van der Waals surface area contributed by atoms with Gasteiger partial charge in [-0.1, -0.05) is 35.9 Å². The summed E-state index contributed by atoms with van der Waals surface area (Å²) in [6, 6.07) is 19.0. The van der Waals surface area contributed by atoms with E-state index in [1.54, 1.807) is 46.2 Å². The van der Waals surface area contributed by atoms with Crippen LogP contribution in [0.3, 0.4) is 0 Å². The van der Waals surface area contributed by atoms with Crippen molar-refractivity contribution in [3.05, 3.63) is 95.1 Å². The minimum atomic E-state index is -4.39. The van der Waals surface area contributed by atoms with Crippen molar-refractivity contribution >= 4 is 23.3 Å². The lowest BCUT2D eigenvalue weighted by Crippen LogP contribution is -2.49. The number of hydrogen-bond acceptors (Lipinski definition) is 2. The van der Waals surface area contributed by atoms with Crippen LogP contribution in [-0.4, -0.2) is 29.9 Å². The zero-order chi connectivity index (χ0) is 24.3. The van der Waals surface area contributed by atoms with Crippen LogP contribution >= 0.6 is 0 Å². The highest BCUT2D eigenvalue weighted by Crippen LogP contribution is 2.30. The zero-order valence-electron chi connectivity index (χ0n) is 18.6. The molecule has 176 valence electrons. The van der Waals surface area contributed by atoms with Crippen molar-refractivity contribution in [3.8, 4) is 0 Å². The molecule has 0 bridgehead atoms. The number of anilines is 2. The lowest BCUT2D eigenvalue weighted by molar-refractivity contribution is -0.137. The number of urea groups is 1. The summed E-state index contributed by atoms with van der Waals surface area (Å²) in [6.07, 6.45) is -3.68. The molecule has 0 aromatic heterocycles. The maximum Gasteiger partial charge on any atom is 0.416 e. The van der Waals surface area contributed by atoms with E-state index in [1.165, 1.54) is 12.1 Å². The quantitative estimate of drug-likeness (QED) is 0.493. The summed E-state index contributed by atoms with van der Waals surface area (Å²) in [5, 5.41) is 2.87. The predicted octanol–water partition coefficient (Wildman–Crippen LogP) is 6.10. The molecule has 1 N–H and O–H groups in total. The molecule has 8 heteroatoms. The topological polar surface area (TPSA) is 52.7 Å². The van der Waals surface area contributed by atoms with Crippen LogP contribution in [0.4, 0.5) is 29.3 Å². The van der Waals surface area contributed by atoms with E-state index in [-0.39, 0.29) is 18.5 Å². The van der Waals surface area contributed by atoms with Gasteiger partial charge in [0, 0.05) is 36.6 Å². The highest BCUT2D eigenvalue weighted by molar-refractivity contribution is 6.05. The second-order valence-electron chi connectivity index (χ2n) is 8.28. The normalized spacial score (nSPS) is 14.3. The summed E-state index contributed by atoms with van der Waals surface area (Å²) in [7, 11) is 0. The van der Waals surface area contributed by atoms with Crippen molar-refractivity contribution in [2.24, 2.45) is 0 Å². The zero-order valence-corrected chi connectivity index (χ0v) is 18.6. The van der Waals surface area contributed by atoms with Gasteiger partial charge in [0.1, 0.15) is 0 Å². The molecule has 5 nitrogen and oxygen atoms in total. The molecule has 1 saturated heterocycles. The fourth-order valence-corrected chi connectivity index (χ4v) is 3.93. The Hall–Kier alpha value is -3.81. The van der Waals surface area contributed by atoms with Gasteiger partial charge < -0.3 is 10.2 Å². The molecule has 0 spiro atoms. The summed E-state index contributed by atoms with van der Waals surface area (Å²) < 4.78 is 38.4. The number of hydrogen-bond donors (Lipinski definition) is 1. The summed E-state index contributed by atoms with van der Waals surface area (Å²) in [5.41, 5.74) is 2.64.